The molecule has 2 aromatic rings. The Morgan fingerprint density at radius 2 is 1.93 bits per heavy atom. The smallest absolute Gasteiger partial charge is 0.268 e. The molecular weight excluding hydrogens is 344 g/mol. The summed E-state index contributed by atoms with van der Waals surface area (Å²) < 4.78 is 12.0. The van der Waals surface area contributed by atoms with Crippen LogP contribution in [0, 0.1) is 0 Å². The third kappa shape index (κ3) is 6.42. The molecule has 1 N–H and O–H groups in total. The first kappa shape index (κ1) is 20.5. The van der Waals surface area contributed by atoms with Crippen LogP contribution in [0.1, 0.15) is 25.8 Å². The van der Waals surface area contributed by atoms with Crippen LogP contribution in [-0.4, -0.2) is 36.8 Å². The van der Waals surface area contributed by atoms with E-state index in [0.717, 1.165) is 11.3 Å². The van der Waals surface area contributed by atoms with Crippen molar-refractivity contribution in [1.82, 2.24) is 9.88 Å². The molecular formula is C21H26N2O4. The largest absolute Gasteiger partial charge is 0.497 e. The number of benzene rings is 1. The summed E-state index contributed by atoms with van der Waals surface area (Å²) in [6.07, 6.45) is 4.12. The average Bonchev–Trinajstić information content (AvgIpc) is 2.66. The Balaban J connectivity index is 2.19. The molecule has 2 rings (SSSR count). The molecule has 0 saturated heterocycles. The zero-order valence-electron chi connectivity index (χ0n) is 16.0. The van der Waals surface area contributed by atoms with Gasteiger partial charge in [0.2, 0.25) is 0 Å². The molecule has 0 aliphatic carbocycles. The quantitative estimate of drug-likeness (QED) is 0.544. The highest BCUT2D eigenvalue weighted by Crippen LogP contribution is 2.15. The van der Waals surface area contributed by atoms with Crippen molar-refractivity contribution in [1.29, 1.82) is 0 Å². The number of carbonyl (C=O) groups excluding carboxylic acids is 1. The maximum absolute atomic E-state index is 12.7. The first-order chi connectivity index (χ1) is 13.0. The van der Waals surface area contributed by atoms with E-state index in [9.17, 15) is 9.59 Å². The molecule has 1 amide bonds. The third-order valence-corrected chi connectivity index (χ3v) is 3.79. The lowest BCUT2D eigenvalue weighted by Crippen LogP contribution is -2.31. The normalized spacial score (nSPS) is 11.5. The fourth-order valence-corrected chi connectivity index (χ4v) is 2.41. The van der Waals surface area contributed by atoms with Crippen molar-refractivity contribution in [2.24, 2.45) is 0 Å². The van der Waals surface area contributed by atoms with Gasteiger partial charge in [0.05, 0.1) is 13.2 Å². The third-order valence-electron chi connectivity index (χ3n) is 3.79. The Hall–Kier alpha value is -2.86. The Bertz CT molecular complexity index is 823. The van der Waals surface area contributed by atoms with E-state index in [1.807, 2.05) is 26.0 Å². The lowest BCUT2D eigenvalue weighted by molar-refractivity contribution is -0.116. The highest BCUT2D eigenvalue weighted by atomic mass is 16.5. The van der Waals surface area contributed by atoms with Crippen molar-refractivity contribution < 1.29 is 14.3 Å². The second-order valence-electron chi connectivity index (χ2n) is 6.24. The molecule has 144 valence electrons. The molecule has 6 nitrogen and oxygen atoms in total. The van der Waals surface area contributed by atoms with Crippen LogP contribution in [-0.2, 0) is 9.53 Å². The minimum atomic E-state index is -0.316. The van der Waals surface area contributed by atoms with Crippen LogP contribution in [0.25, 0.3) is 11.8 Å². The van der Waals surface area contributed by atoms with Gasteiger partial charge in [0.25, 0.3) is 11.5 Å². The van der Waals surface area contributed by atoms with E-state index in [1.54, 1.807) is 43.6 Å². The maximum Gasteiger partial charge on any atom is 0.268 e. The highest BCUT2D eigenvalue weighted by molar-refractivity contribution is 6.18. The molecule has 0 aliphatic rings. The van der Waals surface area contributed by atoms with Gasteiger partial charge in [-0.3, -0.25) is 14.2 Å². The standard InChI is InChI=1S/C21H26N2O4/c1-16(2)27-14-6-12-22-21(25)19(23-13-5-4-7-20(23)24)15-17-8-10-18(26-3)11-9-17/h4-5,7-11,13,15-16H,6,12,14H2,1-3H3,(H,22,25)/b19-15+. The first-order valence-electron chi connectivity index (χ1n) is 8.95. The molecule has 27 heavy (non-hydrogen) atoms. The average molecular weight is 370 g/mol. The van der Waals surface area contributed by atoms with Gasteiger partial charge in [-0.05, 0) is 50.1 Å². The van der Waals surface area contributed by atoms with Gasteiger partial charge in [-0.15, -0.1) is 0 Å². The molecule has 1 aromatic heterocycles. The predicted molar refractivity (Wildman–Crippen MR) is 107 cm³/mol. The molecule has 1 aromatic carbocycles. The predicted octanol–water partition coefficient (Wildman–Crippen LogP) is 2.79. The van der Waals surface area contributed by atoms with Crippen LogP contribution in [0.4, 0.5) is 0 Å². The Labute approximate surface area is 159 Å². The number of nitrogens with one attached hydrogen (secondary N) is 1. The van der Waals surface area contributed by atoms with Gasteiger partial charge in [0, 0.05) is 25.4 Å². The van der Waals surface area contributed by atoms with E-state index in [2.05, 4.69) is 5.32 Å². The summed E-state index contributed by atoms with van der Waals surface area (Å²) in [5.74, 6) is 0.406. The zero-order chi connectivity index (χ0) is 19.6. The number of hydrogen-bond acceptors (Lipinski definition) is 4. The number of pyridine rings is 1. The Morgan fingerprint density at radius 1 is 1.19 bits per heavy atom. The molecule has 0 atom stereocenters. The van der Waals surface area contributed by atoms with Gasteiger partial charge in [-0.25, -0.2) is 0 Å². The number of ether oxygens (including phenoxy) is 2. The monoisotopic (exact) mass is 370 g/mol. The molecule has 0 unspecified atom stereocenters. The summed E-state index contributed by atoms with van der Waals surface area (Å²) in [5.41, 5.74) is 0.783. The van der Waals surface area contributed by atoms with Crippen molar-refractivity contribution in [2.75, 3.05) is 20.3 Å². The maximum atomic E-state index is 12.7. The minimum Gasteiger partial charge on any atom is -0.497 e. The lowest BCUT2D eigenvalue weighted by atomic mass is 10.1. The lowest BCUT2D eigenvalue weighted by Gasteiger charge is -2.12. The summed E-state index contributed by atoms with van der Waals surface area (Å²) in [4.78, 5) is 24.9. The molecule has 0 spiro atoms. The van der Waals surface area contributed by atoms with Gasteiger partial charge >= 0.3 is 0 Å². The minimum absolute atomic E-state index is 0.161. The van der Waals surface area contributed by atoms with E-state index in [1.165, 1.54) is 10.6 Å². The number of methoxy groups -OCH3 is 1. The highest BCUT2D eigenvalue weighted by Gasteiger charge is 2.13. The summed E-state index contributed by atoms with van der Waals surface area (Å²) in [6.45, 7) is 4.97. The van der Waals surface area contributed by atoms with Crippen molar-refractivity contribution in [2.45, 2.75) is 26.4 Å². The number of nitrogens with zero attached hydrogens (tertiary/aromatic N) is 1. The van der Waals surface area contributed by atoms with Crippen LogP contribution >= 0.6 is 0 Å². The first-order valence-corrected chi connectivity index (χ1v) is 8.95. The number of carbonyl (C=O) groups is 1. The van der Waals surface area contributed by atoms with Gasteiger partial charge in [0.15, 0.2) is 0 Å². The Kier molecular flexibility index (Phi) is 7.82. The second kappa shape index (κ2) is 10.3. The van der Waals surface area contributed by atoms with Crippen LogP contribution in [0.3, 0.4) is 0 Å². The molecule has 0 fully saturated rings. The summed E-state index contributed by atoms with van der Waals surface area (Å²) in [6, 6.07) is 12.0. The van der Waals surface area contributed by atoms with E-state index in [4.69, 9.17) is 9.47 Å². The number of hydrogen-bond donors (Lipinski definition) is 1. The van der Waals surface area contributed by atoms with Gasteiger partial charge in [-0.1, -0.05) is 18.2 Å². The van der Waals surface area contributed by atoms with Gasteiger partial charge in [-0.2, -0.15) is 0 Å². The van der Waals surface area contributed by atoms with Crippen molar-refractivity contribution in [3.05, 3.63) is 64.6 Å². The summed E-state index contributed by atoms with van der Waals surface area (Å²) in [5, 5.41) is 2.85. The number of amides is 1. The summed E-state index contributed by atoms with van der Waals surface area (Å²) >= 11 is 0. The van der Waals surface area contributed by atoms with E-state index in [-0.39, 0.29) is 23.3 Å². The van der Waals surface area contributed by atoms with Crippen molar-refractivity contribution >= 4 is 17.7 Å². The molecule has 6 heteroatoms. The fraction of sp³-hybridized carbons (Fsp3) is 0.333. The number of aromatic nitrogens is 1. The molecule has 0 aliphatic heterocycles. The molecule has 0 bridgehead atoms. The summed E-state index contributed by atoms with van der Waals surface area (Å²) in [7, 11) is 1.59. The second-order valence-corrected chi connectivity index (χ2v) is 6.24. The SMILES string of the molecule is COc1ccc(/C=C(\C(=O)NCCCOC(C)C)n2ccccc2=O)cc1. The van der Waals surface area contributed by atoms with Crippen LogP contribution in [0.15, 0.2) is 53.5 Å². The van der Waals surface area contributed by atoms with Gasteiger partial charge < -0.3 is 14.8 Å². The fourth-order valence-electron chi connectivity index (χ4n) is 2.41. The van der Waals surface area contributed by atoms with Crippen molar-refractivity contribution in [3.63, 3.8) is 0 Å². The number of rotatable bonds is 9. The van der Waals surface area contributed by atoms with E-state index < -0.39 is 0 Å². The molecule has 0 radical (unpaired) electrons. The van der Waals surface area contributed by atoms with Crippen molar-refractivity contribution in [3.8, 4) is 5.75 Å². The zero-order valence-corrected chi connectivity index (χ0v) is 16.0. The topological polar surface area (TPSA) is 69.6 Å². The molecule has 1 heterocycles. The van der Waals surface area contributed by atoms with Crippen LogP contribution in [0.5, 0.6) is 5.75 Å². The van der Waals surface area contributed by atoms with Gasteiger partial charge in [0.1, 0.15) is 11.4 Å². The van der Waals surface area contributed by atoms with E-state index >= 15 is 0 Å². The van der Waals surface area contributed by atoms with E-state index in [0.29, 0.717) is 19.6 Å². The van der Waals surface area contributed by atoms with Crippen LogP contribution < -0.4 is 15.6 Å². The molecule has 0 saturated carbocycles. The Morgan fingerprint density at radius 3 is 2.56 bits per heavy atom. The van der Waals surface area contributed by atoms with Crippen LogP contribution in [0.2, 0.25) is 0 Å².